The maximum Gasteiger partial charge on any atom is 0.328 e. The summed E-state index contributed by atoms with van der Waals surface area (Å²) in [7, 11) is -4.04. The zero-order valence-corrected chi connectivity index (χ0v) is 13.7. The van der Waals surface area contributed by atoms with Gasteiger partial charge in [0.2, 0.25) is 10.0 Å². The van der Waals surface area contributed by atoms with E-state index in [0.717, 1.165) is 0 Å². The number of aromatic nitrogens is 2. The van der Waals surface area contributed by atoms with Crippen molar-refractivity contribution in [1.82, 2.24) is 14.3 Å². The molecule has 2 heterocycles. The SMILES string of the molecule is CCn1c(=O)[nH]c(=O)c2cc(S(=O)(=O)NC3(CF)COC3)ccc21. The first-order valence-electron chi connectivity index (χ1n) is 7.26. The number of sulfonamides is 1. The minimum absolute atomic E-state index is 0.0493. The van der Waals surface area contributed by atoms with E-state index < -0.39 is 33.5 Å². The molecule has 1 aliphatic rings. The number of aromatic amines is 1. The van der Waals surface area contributed by atoms with Crippen LogP contribution in [0.2, 0.25) is 0 Å². The van der Waals surface area contributed by atoms with E-state index in [1.807, 2.05) is 0 Å². The van der Waals surface area contributed by atoms with E-state index >= 15 is 0 Å². The third-order valence-electron chi connectivity index (χ3n) is 3.96. The van der Waals surface area contributed by atoms with Gasteiger partial charge in [-0.3, -0.25) is 14.3 Å². The molecule has 2 N–H and O–H groups in total. The second-order valence-corrected chi connectivity index (χ2v) is 7.38. The van der Waals surface area contributed by atoms with E-state index in [4.69, 9.17) is 4.74 Å². The molecule has 10 heteroatoms. The van der Waals surface area contributed by atoms with Crippen LogP contribution in [0, 0.1) is 0 Å². The van der Waals surface area contributed by atoms with Crippen molar-refractivity contribution in [2.45, 2.75) is 23.9 Å². The molecule has 0 saturated carbocycles. The highest BCUT2D eigenvalue weighted by Crippen LogP contribution is 2.22. The van der Waals surface area contributed by atoms with Crippen LogP contribution in [0.1, 0.15) is 6.92 Å². The molecular formula is C14H16FN3O5S. The van der Waals surface area contributed by atoms with Gasteiger partial charge < -0.3 is 4.74 Å². The largest absolute Gasteiger partial charge is 0.377 e. The fraction of sp³-hybridized carbons (Fsp3) is 0.429. The molecule has 2 aromatic rings. The number of nitrogens with one attached hydrogen (secondary N) is 2. The molecule has 24 heavy (non-hydrogen) atoms. The van der Waals surface area contributed by atoms with Crippen molar-refractivity contribution in [1.29, 1.82) is 0 Å². The summed E-state index contributed by atoms with van der Waals surface area (Å²) in [5.41, 5.74) is -2.17. The molecule has 1 fully saturated rings. The first kappa shape index (κ1) is 16.8. The van der Waals surface area contributed by atoms with E-state index in [0.29, 0.717) is 12.1 Å². The zero-order chi connectivity index (χ0) is 17.5. The molecule has 0 spiro atoms. The molecule has 130 valence electrons. The quantitative estimate of drug-likeness (QED) is 0.765. The van der Waals surface area contributed by atoms with Crippen molar-refractivity contribution in [3.63, 3.8) is 0 Å². The predicted octanol–water partition coefficient (Wildman–Crippen LogP) is -0.273. The van der Waals surface area contributed by atoms with Gasteiger partial charge in [0, 0.05) is 6.54 Å². The molecule has 0 atom stereocenters. The molecule has 8 nitrogen and oxygen atoms in total. The third kappa shape index (κ3) is 2.66. The van der Waals surface area contributed by atoms with E-state index in [1.54, 1.807) is 6.92 Å². The van der Waals surface area contributed by atoms with Crippen molar-refractivity contribution in [2.75, 3.05) is 19.9 Å². The summed E-state index contributed by atoms with van der Waals surface area (Å²) in [5.74, 6) is 0. The molecule has 0 amide bonds. The lowest BCUT2D eigenvalue weighted by molar-refractivity contribution is -0.0725. The van der Waals surface area contributed by atoms with E-state index in [1.165, 1.54) is 22.8 Å². The molecule has 0 radical (unpaired) electrons. The normalized spacial score (nSPS) is 16.9. The molecular weight excluding hydrogens is 341 g/mol. The van der Waals surface area contributed by atoms with Crippen LogP contribution in [0.4, 0.5) is 4.39 Å². The highest BCUT2D eigenvalue weighted by molar-refractivity contribution is 7.89. The zero-order valence-electron chi connectivity index (χ0n) is 12.8. The number of hydrogen-bond donors (Lipinski definition) is 2. The Morgan fingerprint density at radius 3 is 2.62 bits per heavy atom. The van der Waals surface area contributed by atoms with E-state index in [2.05, 4.69) is 9.71 Å². The van der Waals surface area contributed by atoms with Gasteiger partial charge in [-0.2, -0.15) is 4.72 Å². The number of alkyl halides is 1. The highest BCUT2D eigenvalue weighted by Gasteiger charge is 2.42. The number of benzene rings is 1. The van der Waals surface area contributed by atoms with Crippen LogP contribution in [0.5, 0.6) is 0 Å². The van der Waals surface area contributed by atoms with Crippen LogP contribution in [0.15, 0.2) is 32.7 Å². The summed E-state index contributed by atoms with van der Waals surface area (Å²) in [6, 6.07) is 3.85. The number of hydrogen-bond acceptors (Lipinski definition) is 5. The lowest BCUT2D eigenvalue weighted by Gasteiger charge is -2.39. The topological polar surface area (TPSA) is 110 Å². The van der Waals surface area contributed by atoms with Crippen LogP contribution in [0.3, 0.4) is 0 Å². The number of ether oxygens (including phenoxy) is 1. The molecule has 1 saturated heterocycles. The lowest BCUT2D eigenvalue weighted by Crippen LogP contribution is -2.63. The molecule has 3 rings (SSSR count). The van der Waals surface area contributed by atoms with Gasteiger partial charge in [0.05, 0.1) is 29.0 Å². The summed E-state index contributed by atoms with van der Waals surface area (Å²) < 4.78 is 46.5. The van der Waals surface area contributed by atoms with Gasteiger partial charge in [0.1, 0.15) is 12.2 Å². The van der Waals surface area contributed by atoms with Crippen LogP contribution in [-0.2, 0) is 21.3 Å². The van der Waals surface area contributed by atoms with Gasteiger partial charge in [-0.1, -0.05) is 0 Å². The Labute approximate surface area is 136 Å². The van der Waals surface area contributed by atoms with Crippen LogP contribution in [-0.4, -0.2) is 43.4 Å². The van der Waals surface area contributed by atoms with Crippen molar-refractivity contribution >= 4 is 20.9 Å². The summed E-state index contributed by atoms with van der Waals surface area (Å²) in [5, 5.41) is 0.0680. The van der Waals surface area contributed by atoms with Crippen LogP contribution >= 0.6 is 0 Å². The first-order chi connectivity index (χ1) is 11.3. The van der Waals surface area contributed by atoms with Gasteiger partial charge >= 0.3 is 5.69 Å². The smallest absolute Gasteiger partial charge is 0.328 e. The van der Waals surface area contributed by atoms with Crippen molar-refractivity contribution in [3.05, 3.63) is 39.0 Å². The summed E-state index contributed by atoms with van der Waals surface area (Å²) in [4.78, 5) is 25.7. The Morgan fingerprint density at radius 1 is 1.38 bits per heavy atom. The molecule has 1 aromatic heterocycles. The fourth-order valence-electron chi connectivity index (χ4n) is 2.61. The maximum absolute atomic E-state index is 13.1. The monoisotopic (exact) mass is 357 g/mol. The maximum atomic E-state index is 13.1. The minimum Gasteiger partial charge on any atom is -0.377 e. The van der Waals surface area contributed by atoms with Gasteiger partial charge in [0.15, 0.2) is 0 Å². The summed E-state index contributed by atoms with van der Waals surface area (Å²) in [6.45, 7) is 1.06. The van der Waals surface area contributed by atoms with Gasteiger partial charge in [-0.15, -0.1) is 0 Å². The number of aryl methyl sites for hydroxylation is 1. The number of rotatable bonds is 5. The van der Waals surface area contributed by atoms with Gasteiger partial charge in [-0.25, -0.2) is 17.6 Å². The van der Waals surface area contributed by atoms with Crippen LogP contribution < -0.4 is 16.0 Å². The standard InChI is InChI=1S/C14H16FN3O5S/c1-2-18-11-4-3-9(5-10(11)12(19)16-13(18)20)24(21,22)17-14(6-15)7-23-8-14/h3-5,17H,2,6-8H2,1H3,(H,16,19,20). The Morgan fingerprint density at radius 2 is 2.08 bits per heavy atom. The van der Waals surface area contributed by atoms with Crippen molar-refractivity contribution in [3.8, 4) is 0 Å². The Bertz CT molecular complexity index is 1000. The third-order valence-corrected chi connectivity index (χ3v) is 5.54. The fourth-order valence-corrected chi connectivity index (χ4v) is 3.99. The van der Waals surface area contributed by atoms with E-state index in [-0.39, 0.29) is 23.5 Å². The second kappa shape index (κ2) is 5.80. The number of fused-ring (bicyclic) bond motifs is 1. The summed E-state index contributed by atoms with van der Waals surface area (Å²) in [6.07, 6.45) is 0. The second-order valence-electron chi connectivity index (χ2n) is 5.69. The first-order valence-corrected chi connectivity index (χ1v) is 8.75. The van der Waals surface area contributed by atoms with E-state index in [9.17, 15) is 22.4 Å². The van der Waals surface area contributed by atoms with Gasteiger partial charge in [-0.05, 0) is 25.1 Å². The Hall–Kier alpha value is -2.04. The molecule has 0 unspecified atom stereocenters. The van der Waals surface area contributed by atoms with Crippen molar-refractivity contribution in [2.24, 2.45) is 0 Å². The molecule has 0 bridgehead atoms. The average molecular weight is 357 g/mol. The molecule has 0 aliphatic carbocycles. The predicted molar refractivity (Wildman–Crippen MR) is 84.3 cm³/mol. The molecule has 1 aliphatic heterocycles. The Kier molecular flexibility index (Phi) is 4.06. The number of halogens is 1. The molecule has 1 aromatic carbocycles. The Balaban J connectivity index is 2.11. The highest BCUT2D eigenvalue weighted by atomic mass is 32.2. The van der Waals surface area contributed by atoms with Crippen LogP contribution in [0.25, 0.3) is 10.9 Å². The van der Waals surface area contributed by atoms with Crippen molar-refractivity contribution < 1.29 is 17.5 Å². The average Bonchev–Trinajstić information content (AvgIpc) is 2.51. The minimum atomic E-state index is -4.04. The number of H-pyrrole nitrogens is 1. The summed E-state index contributed by atoms with van der Waals surface area (Å²) >= 11 is 0. The number of nitrogens with zero attached hydrogens (tertiary/aromatic N) is 1. The van der Waals surface area contributed by atoms with Gasteiger partial charge in [0.25, 0.3) is 5.56 Å². The lowest BCUT2D eigenvalue weighted by atomic mass is 10.0.